The van der Waals surface area contributed by atoms with Gasteiger partial charge in [0.1, 0.15) is 0 Å². The molecular weight excluding hydrogens is 216 g/mol. The molecule has 2 aliphatic rings. The molecular formula is C13H30N2S. The van der Waals surface area contributed by atoms with E-state index in [0.29, 0.717) is 0 Å². The molecule has 2 rings (SSSR count). The molecule has 2 N–H and O–H groups in total. The summed E-state index contributed by atoms with van der Waals surface area (Å²) in [6.45, 7) is 12.0. The molecule has 0 radical (unpaired) electrons. The second-order valence-electron chi connectivity index (χ2n) is 2.17. The Kier molecular flexibility index (Phi) is 15.6. The molecule has 0 atom stereocenters. The SMILES string of the molecule is C1=CC2=C(C=CC1)NSN2.CC.CC.CC.[HH].[HH]. The van der Waals surface area contributed by atoms with Gasteiger partial charge in [0.2, 0.25) is 0 Å². The van der Waals surface area contributed by atoms with Gasteiger partial charge in [-0.05, 0) is 18.6 Å². The van der Waals surface area contributed by atoms with E-state index < -0.39 is 0 Å². The van der Waals surface area contributed by atoms with Crippen LogP contribution in [0.2, 0.25) is 0 Å². The lowest BCUT2D eigenvalue weighted by atomic mass is 10.3. The van der Waals surface area contributed by atoms with E-state index in [9.17, 15) is 0 Å². The van der Waals surface area contributed by atoms with Crippen LogP contribution in [0, 0.1) is 0 Å². The Morgan fingerprint density at radius 1 is 0.875 bits per heavy atom. The Morgan fingerprint density at radius 3 is 1.62 bits per heavy atom. The van der Waals surface area contributed by atoms with Crippen LogP contribution < -0.4 is 9.44 Å². The predicted molar refractivity (Wildman–Crippen MR) is 82.1 cm³/mol. The van der Waals surface area contributed by atoms with Gasteiger partial charge >= 0.3 is 0 Å². The highest BCUT2D eigenvalue weighted by molar-refractivity contribution is 7.96. The molecule has 0 amide bonds. The third-order valence-electron chi connectivity index (χ3n) is 1.45. The lowest BCUT2D eigenvalue weighted by Crippen LogP contribution is -1.94. The van der Waals surface area contributed by atoms with Crippen LogP contribution in [0.4, 0.5) is 0 Å². The monoisotopic (exact) mass is 246 g/mol. The molecule has 0 unspecified atom stereocenters. The van der Waals surface area contributed by atoms with Gasteiger partial charge in [-0.25, -0.2) is 0 Å². The zero-order valence-electron chi connectivity index (χ0n) is 11.4. The van der Waals surface area contributed by atoms with E-state index in [4.69, 9.17) is 0 Å². The second-order valence-corrected chi connectivity index (χ2v) is 2.79. The average Bonchev–Trinajstić information content (AvgIpc) is 2.73. The van der Waals surface area contributed by atoms with Crippen molar-refractivity contribution in [3.05, 3.63) is 35.7 Å². The van der Waals surface area contributed by atoms with E-state index in [1.807, 2.05) is 41.5 Å². The van der Waals surface area contributed by atoms with Crippen molar-refractivity contribution in [2.24, 2.45) is 0 Å². The van der Waals surface area contributed by atoms with Crippen molar-refractivity contribution in [1.29, 1.82) is 0 Å². The van der Waals surface area contributed by atoms with Crippen LogP contribution in [0.1, 0.15) is 50.8 Å². The summed E-state index contributed by atoms with van der Waals surface area (Å²) in [5.41, 5.74) is 2.36. The number of nitrogens with one attached hydrogen (secondary N) is 2. The molecule has 0 spiro atoms. The fourth-order valence-corrected chi connectivity index (χ4v) is 1.57. The Morgan fingerprint density at radius 2 is 1.25 bits per heavy atom. The van der Waals surface area contributed by atoms with Gasteiger partial charge in [0.05, 0.1) is 23.5 Å². The van der Waals surface area contributed by atoms with Crippen molar-refractivity contribution < 1.29 is 2.85 Å². The highest BCUT2D eigenvalue weighted by Crippen LogP contribution is 2.17. The maximum Gasteiger partial charge on any atom is 0.0694 e. The number of rotatable bonds is 0. The lowest BCUT2D eigenvalue weighted by Gasteiger charge is -1.90. The van der Waals surface area contributed by atoms with Crippen molar-refractivity contribution in [3.63, 3.8) is 0 Å². The van der Waals surface area contributed by atoms with Gasteiger partial charge in [-0.1, -0.05) is 53.7 Å². The molecule has 0 fully saturated rings. The third-order valence-corrected chi connectivity index (χ3v) is 2.10. The van der Waals surface area contributed by atoms with Crippen molar-refractivity contribution in [2.75, 3.05) is 0 Å². The first-order valence-corrected chi connectivity index (χ1v) is 7.04. The molecule has 0 aromatic carbocycles. The first-order valence-electron chi connectivity index (χ1n) is 6.22. The second kappa shape index (κ2) is 14.2. The van der Waals surface area contributed by atoms with E-state index in [-0.39, 0.29) is 2.85 Å². The largest absolute Gasteiger partial charge is 0.310 e. The smallest absolute Gasteiger partial charge is 0.0694 e. The van der Waals surface area contributed by atoms with Crippen LogP contribution in [0.25, 0.3) is 0 Å². The Bertz CT molecular complexity index is 217. The fourth-order valence-electron chi connectivity index (χ4n) is 0.943. The van der Waals surface area contributed by atoms with Crippen LogP contribution in [-0.4, -0.2) is 0 Å². The van der Waals surface area contributed by atoms with E-state index in [1.165, 1.54) is 23.5 Å². The highest BCUT2D eigenvalue weighted by atomic mass is 32.2. The van der Waals surface area contributed by atoms with E-state index in [2.05, 4.69) is 33.7 Å². The summed E-state index contributed by atoms with van der Waals surface area (Å²) in [6, 6.07) is 0. The van der Waals surface area contributed by atoms with E-state index in [0.717, 1.165) is 6.42 Å². The summed E-state index contributed by atoms with van der Waals surface area (Å²) in [4.78, 5) is 0. The lowest BCUT2D eigenvalue weighted by molar-refractivity contribution is 1.24. The maximum atomic E-state index is 3.15. The topological polar surface area (TPSA) is 24.1 Å². The zero-order valence-corrected chi connectivity index (χ0v) is 12.2. The molecule has 0 aromatic heterocycles. The summed E-state index contributed by atoms with van der Waals surface area (Å²) >= 11 is 1.51. The Balaban J connectivity index is -0.000000109. The predicted octanol–water partition coefficient (Wildman–Crippen LogP) is 5.04. The van der Waals surface area contributed by atoms with Crippen LogP contribution in [0.5, 0.6) is 0 Å². The summed E-state index contributed by atoms with van der Waals surface area (Å²) in [5.74, 6) is 0. The Hall–Kier alpha value is -0.830. The Labute approximate surface area is 109 Å². The molecule has 3 heteroatoms. The first-order chi connectivity index (χ1) is 7.97. The van der Waals surface area contributed by atoms with Crippen molar-refractivity contribution in [3.8, 4) is 0 Å². The van der Waals surface area contributed by atoms with E-state index >= 15 is 0 Å². The van der Waals surface area contributed by atoms with Gasteiger partial charge in [0, 0.05) is 2.85 Å². The summed E-state index contributed by atoms with van der Waals surface area (Å²) < 4.78 is 6.29. The van der Waals surface area contributed by atoms with Crippen molar-refractivity contribution in [1.82, 2.24) is 9.44 Å². The summed E-state index contributed by atoms with van der Waals surface area (Å²) in [7, 11) is 0. The molecule has 0 saturated carbocycles. The molecule has 98 valence electrons. The number of hydrogen-bond acceptors (Lipinski definition) is 3. The molecule has 1 aliphatic carbocycles. The molecule has 2 nitrogen and oxygen atoms in total. The number of allylic oxidation sites excluding steroid dienone is 4. The maximum absolute atomic E-state index is 3.15. The van der Waals surface area contributed by atoms with Crippen LogP contribution in [0.3, 0.4) is 0 Å². The quantitative estimate of drug-likeness (QED) is 0.585. The molecule has 1 heterocycles. The van der Waals surface area contributed by atoms with Crippen LogP contribution in [-0.2, 0) is 0 Å². The first kappa shape index (κ1) is 17.6. The van der Waals surface area contributed by atoms with Crippen molar-refractivity contribution in [2.45, 2.75) is 48.0 Å². The van der Waals surface area contributed by atoms with Gasteiger partial charge < -0.3 is 9.44 Å². The van der Waals surface area contributed by atoms with Gasteiger partial charge in [0.25, 0.3) is 0 Å². The van der Waals surface area contributed by atoms with Gasteiger partial charge in [0.15, 0.2) is 0 Å². The minimum atomic E-state index is 0. The number of hydrogen-bond donors (Lipinski definition) is 2. The third kappa shape index (κ3) is 6.62. The molecule has 1 aliphatic heterocycles. The van der Waals surface area contributed by atoms with Crippen LogP contribution in [0.15, 0.2) is 35.7 Å². The van der Waals surface area contributed by atoms with Gasteiger partial charge in [-0.3, -0.25) is 0 Å². The minimum absolute atomic E-state index is 0. The van der Waals surface area contributed by atoms with Gasteiger partial charge in [-0.15, -0.1) is 0 Å². The summed E-state index contributed by atoms with van der Waals surface area (Å²) in [5, 5.41) is 0. The van der Waals surface area contributed by atoms with Crippen molar-refractivity contribution >= 4 is 12.1 Å². The highest BCUT2D eigenvalue weighted by Gasteiger charge is 2.09. The standard InChI is InChI=1S/C7H8N2S.3C2H6.2H2/c1-2-4-6-7(5-3-1)9-10-8-6;3*1-2;;/h2-5,8-9H,1H2;3*1-2H3;2*1H. The minimum Gasteiger partial charge on any atom is -0.310 e. The molecule has 0 saturated heterocycles. The normalized spacial score (nSPS) is 14.6. The van der Waals surface area contributed by atoms with E-state index in [1.54, 1.807) is 0 Å². The summed E-state index contributed by atoms with van der Waals surface area (Å²) in [6.07, 6.45) is 9.50. The van der Waals surface area contributed by atoms with Gasteiger partial charge in [-0.2, -0.15) is 0 Å². The zero-order chi connectivity index (χ0) is 12.8. The molecule has 16 heavy (non-hydrogen) atoms. The fraction of sp³-hybridized carbons (Fsp3) is 0.538. The average molecular weight is 246 g/mol. The van der Waals surface area contributed by atoms with Crippen LogP contribution >= 0.6 is 12.1 Å². The molecule has 0 bridgehead atoms. The molecule has 0 aromatic rings.